The van der Waals surface area contributed by atoms with E-state index in [0.717, 1.165) is 17.9 Å². The zero-order valence-corrected chi connectivity index (χ0v) is 8.51. The molecular weight excluding hydrogens is 198 g/mol. The van der Waals surface area contributed by atoms with Gasteiger partial charge in [-0.1, -0.05) is 18.2 Å². The third kappa shape index (κ3) is 2.39. The number of rotatable bonds is 3. The van der Waals surface area contributed by atoms with Gasteiger partial charge in [-0.2, -0.15) is 0 Å². The second kappa shape index (κ2) is 4.65. The highest BCUT2D eigenvalue weighted by Gasteiger charge is 2.15. The maximum atomic E-state index is 11.7. The molecule has 1 saturated heterocycles. The fourth-order valence-corrected chi connectivity index (χ4v) is 2.29. The first-order valence-electron chi connectivity index (χ1n) is 4.57. The molecule has 1 fully saturated rings. The Labute approximate surface area is 85.6 Å². The quantitative estimate of drug-likeness (QED) is 0.666. The minimum Gasteiger partial charge on any atom is -0.256 e. The smallest absolute Gasteiger partial charge is 0.126 e. The van der Waals surface area contributed by atoms with Crippen molar-refractivity contribution in [3.8, 4) is 0 Å². The van der Waals surface area contributed by atoms with Crippen LogP contribution in [0.1, 0.15) is 6.42 Å². The van der Waals surface area contributed by atoms with Gasteiger partial charge >= 0.3 is 0 Å². The van der Waals surface area contributed by atoms with Crippen LogP contribution in [-0.2, 0) is 11.0 Å². The second-order valence-corrected chi connectivity index (χ2v) is 4.36. The molecule has 0 spiro atoms. The zero-order valence-electron chi connectivity index (χ0n) is 7.69. The lowest BCUT2D eigenvalue weighted by atomic mass is 10.4. The SMILES string of the molecule is O=S(NC1CCNN1)c1ccccc1. The van der Waals surface area contributed by atoms with Gasteiger partial charge < -0.3 is 0 Å². The predicted molar refractivity (Wildman–Crippen MR) is 55.5 cm³/mol. The lowest BCUT2D eigenvalue weighted by Gasteiger charge is -2.10. The average Bonchev–Trinajstić information content (AvgIpc) is 2.72. The van der Waals surface area contributed by atoms with E-state index in [4.69, 9.17) is 0 Å². The molecule has 0 aromatic heterocycles. The predicted octanol–water partition coefficient (Wildman–Crippen LogP) is 0.123. The molecule has 0 saturated carbocycles. The van der Waals surface area contributed by atoms with Gasteiger partial charge in [0.05, 0.1) is 11.1 Å². The Bertz CT molecular complexity index is 311. The molecule has 2 rings (SSSR count). The van der Waals surface area contributed by atoms with Crippen LogP contribution in [0.4, 0.5) is 0 Å². The Kier molecular flexibility index (Phi) is 3.26. The first kappa shape index (κ1) is 9.79. The van der Waals surface area contributed by atoms with Crippen molar-refractivity contribution in [3.05, 3.63) is 30.3 Å². The Hall–Kier alpha value is -0.750. The Balaban J connectivity index is 1.95. The molecule has 0 radical (unpaired) electrons. The van der Waals surface area contributed by atoms with E-state index >= 15 is 0 Å². The van der Waals surface area contributed by atoms with Crippen molar-refractivity contribution in [2.75, 3.05) is 6.54 Å². The Morgan fingerprint density at radius 3 is 2.79 bits per heavy atom. The zero-order chi connectivity index (χ0) is 9.80. The summed E-state index contributed by atoms with van der Waals surface area (Å²) in [5.74, 6) is 0. The fraction of sp³-hybridized carbons (Fsp3) is 0.333. The van der Waals surface area contributed by atoms with Gasteiger partial charge in [-0.05, 0) is 18.6 Å². The summed E-state index contributed by atoms with van der Waals surface area (Å²) < 4.78 is 14.7. The lowest BCUT2D eigenvalue weighted by molar-refractivity contribution is 0.533. The summed E-state index contributed by atoms with van der Waals surface area (Å²) in [5, 5.41) is 0. The van der Waals surface area contributed by atoms with Gasteiger partial charge in [0, 0.05) is 6.54 Å². The van der Waals surface area contributed by atoms with Crippen LogP contribution in [0.15, 0.2) is 35.2 Å². The molecule has 1 aliphatic heterocycles. The highest BCUT2D eigenvalue weighted by atomic mass is 32.2. The molecule has 1 heterocycles. The van der Waals surface area contributed by atoms with E-state index < -0.39 is 11.0 Å². The van der Waals surface area contributed by atoms with E-state index in [9.17, 15) is 4.21 Å². The highest BCUT2D eigenvalue weighted by Crippen LogP contribution is 2.04. The summed E-state index contributed by atoms with van der Waals surface area (Å²) in [6.45, 7) is 0.906. The van der Waals surface area contributed by atoms with Crippen LogP contribution in [0.5, 0.6) is 0 Å². The largest absolute Gasteiger partial charge is 0.256 e. The molecule has 76 valence electrons. The van der Waals surface area contributed by atoms with E-state index in [0.29, 0.717) is 0 Å². The third-order valence-corrected chi connectivity index (χ3v) is 3.24. The van der Waals surface area contributed by atoms with Crippen LogP contribution in [0.2, 0.25) is 0 Å². The van der Waals surface area contributed by atoms with Gasteiger partial charge in [-0.25, -0.2) is 14.4 Å². The molecule has 3 N–H and O–H groups in total. The topological polar surface area (TPSA) is 53.2 Å². The van der Waals surface area contributed by atoms with Crippen molar-refractivity contribution in [2.24, 2.45) is 0 Å². The minimum absolute atomic E-state index is 0.0936. The van der Waals surface area contributed by atoms with Gasteiger partial charge in [-0.3, -0.25) is 5.43 Å². The van der Waals surface area contributed by atoms with Crippen LogP contribution < -0.4 is 15.6 Å². The van der Waals surface area contributed by atoms with E-state index in [-0.39, 0.29) is 6.17 Å². The molecule has 14 heavy (non-hydrogen) atoms. The Morgan fingerprint density at radius 2 is 2.14 bits per heavy atom. The van der Waals surface area contributed by atoms with Crippen molar-refractivity contribution >= 4 is 11.0 Å². The van der Waals surface area contributed by atoms with E-state index in [2.05, 4.69) is 15.6 Å². The molecule has 0 amide bonds. The number of benzene rings is 1. The van der Waals surface area contributed by atoms with Crippen LogP contribution in [0.25, 0.3) is 0 Å². The molecule has 1 aromatic carbocycles. The monoisotopic (exact) mass is 211 g/mol. The summed E-state index contributed by atoms with van der Waals surface area (Å²) in [7, 11) is -1.13. The van der Waals surface area contributed by atoms with Crippen molar-refractivity contribution < 1.29 is 4.21 Å². The van der Waals surface area contributed by atoms with Crippen LogP contribution in [0, 0.1) is 0 Å². The number of hydrogen-bond donors (Lipinski definition) is 3. The molecule has 0 aliphatic carbocycles. The molecule has 1 aliphatic rings. The molecule has 2 unspecified atom stereocenters. The average molecular weight is 211 g/mol. The van der Waals surface area contributed by atoms with Crippen LogP contribution >= 0.6 is 0 Å². The van der Waals surface area contributed by atoms with Crippen molar-refractivity contribution in [2.45, 2.75) is 17.5 Å². The highest BCUT2D eigenvalue weighted by molar-refractivity contribution is 7.83. The Morgan fingerprint density at radius 1 is 1.36 bits per heavy atom. The van der Waals surface area contributed by atoms with Gasteiger partial charge in [0.2, 0.25) is 0 Å². The maximum absolute atomic E-state index is 11.7. The molecule has 4 nitrogen and oxygen atoms in total. The summed E-state index contributed by atoms with van der Waals surface area (Å²) in [4.78, 5) is 0.807. The van der Waals surface area contributed by atoms with Gasteiger partial charge in [0.15, 0.2) is 0 Å². The second-order valence-electron chi connectivity index (χ2n) is 3.11. The fourth-order valence-electron chi connectivity index (χ4n) is 1.31. The maximum Gasteiger partial charge on any atom is 0.126 e. The lowest BCUT2D eigenvalue weighted by Crippen LogP contribution is -2.41. The molecule has 1 aromatic rings. The van der Waals surface area contributed by atoms with Crippen LogP contribution in [-0.4, -0.2) is 16.9 Å². The number of nitrogens with one attached hydrogen (secondary N) is 3. The first-order valence-corrected chi connectivity index (χ1v) is 5.72. The number of hydrogen-bond acceptors (Lipinski definition) is 3. The summed E-state index contributed by atoms with van der Waals surface area (Å²) >= 11 is 0. The van der Waals surface area contributed by atoms with Crippen LogP contribution in [0.3, 0.4) is 0 Å². The van der Waals surface area contributed by atoms with Crippen molar-refractivity contribution in [3.63, 3.8) is 0 Å². The standard InChI is InChI=1S/C9H13N3OS/c13-14(8-4-2-1-3-5-8)12-9-6-7-10-11-9/h1-5,9-12H,6-7H2. The number of hydrazine groups is 1. The first-order chi connectivity index (χ1) is 6.86. The normalized spacial score (nSPS) is 23.6. The summed E-state index contributed by atoms with van der Waals surface area (Å²) in [6.07, 6.45) is 1.04. The summed E-state index contributed by atoms with van der Waals surface area (Å²) in [5.41, 5.74) is 5.99. The van der Waals surface area contributed by atoms with Gasteiger partial charge in [0.1, 0.15) is 11.0 Å². The van der Waals surface area contributed by atoms with Gasteiger partial charge in [0.25, 0.3) is 0 Å². The van der Waals surface area contributed by atoms with Crippen molar-refractivity contribution in [1.29, 1.82) is 0 Å². The summed E-state index contributed by atoms with van der Waals surface area (Å²) in [6, 6.07) is 9.39. The van der Waals surface area contributed by atoms with Crippen molar-refractivity contribution in [1.82, 2.24) is 15.6 Å². The van der Waals surface area contributed by atoms with Gasteiger partial charge in [-0.15, -0.1) is 0 Å². The van der Waals surface area contributed by atoms with E-state index in [1.807, 2.05) is 30.3 Å². The molecule has 0 bridgehead atoms. The molecule has 5 heteroatoms. The van der Waals surface area contributed by atoms with E-state index in [1.54, 1.807) is 0 Å². The molecule has 2 atom stereocenters. The molecular formula is C9H13N3OS. The third-order valence-electron chi connectivity index (χ3n) is 2.04. The van der Waals surface area contributed by atoms with E-state index in [1.165, 1.54) is 0 Å². The minimum atomic E-state index is -1.13.